The maximum Gasteiger partial charge on any atom is 0.336 e. The summed E-state index contributed by atoms with van der Waals surface area (Å²) < 4.78 is 6.23. The zero-order chi connectivity index (χ0) is 29.0. The molecule has 208 valence electrons. The normalized spacial score (nSPS) is 12.5. The van der Waals surface area contributed by atoms with Crippen molar-refractivity contribution in [3.8, 4) is 11.5 Å². The number of nitrogens with one attached hydrogen (secondary N) is 2. The third kappa shape index (κ3) is 6.00. The Morgan fingerprint density at radius 1 is 0.950 bits per heavy atom. The first-order valence-corrected chi connectivity index (χ1v) is 13.0. The molecule has 4 rings (SSSR count). The molecule has 3 aromatic carbocycles. The number of carboxylic acid groups (broad SMARTS) is 2. The van der Waals surface area contributed by atoms with Crippen molar-refractivity contribution in [2.75, 3.05) is 32.6 Å². The van der Waals surface area contributed by atoms with E-state index in [-0.39, 0.29) is 11.1 Å². The maximum atomic E-state index is 12.9. The quantitative estimate of drug-likeness (QED) is 0.213. The molecule has 9 nitrogen and oxygen atoms in total. The van der Waals surface area contributed by atoms with Crippen LogP contribution >= 0.6 is 0 Å². The highest BCUT2D eigenvalue weighted by Gasteiger charge is 2.25. The summed E-state index contributed by atoms with van der Waals surface area (Å²) in [5, 5.41) is 26.3. The zero-order valence-corrected chi connectivity index (χ0v) is 22.8. The first-order chi connectivity index (χ1) is 19.1. The molecule has 1 atom stereocenters. The van der Waals surface area contributed by atoms with Gasteiger partial charge in [0.05, 0.1) is 5.56 Å². The fourth-order valence-electron chi connectivity index (χ4n) is 4.74. The molecule has 4 N–H and O–H groups in total. The Kier molecular flexibility index (Phi) is 8.55. The molecular formula is C31H33N3O6. The summed E-state index contributed by atoms with van der Waals surface area (Å²) in [6.45, 7) is 4.34. The number of aliphatic carboxylic acids is 1. The first-order valence-electron chi connectivity index (χ1n) is 13.0. The van der Waals surface area contributed by atoms with E-state index >= 15 is 0 Å². The lowest BCUT2D eigenvalue weighted by Crippen LogP contribution is -2.33. The first kappa shape index (κ1) is 28.4. The minimum atomic E-state index is -1.16. The van der Waals surface area contributed by atoms with Crippen LogP contribution in [0.15, 0.2) is 54.6 Å². The van der Waals surface area contributed by atoms with E-state index < -0.39 is 23.9 Å². The summed E-state index contributed by atoms with van der Waals surface area (Å²) in [7, 11) is 5.46. The van der Waals surface area contributed by atoms with Gasteiger partial charge in [-0.3, -0.25) is 9.59 Å². The molecule has 0 saturated carbocycles. The van der Waals surface area contributed by atoms with Crippen LogP contribution in [0.1, 0.15) is 51.1 Å². The molecule has 3 aromatic rings. The number of hydrogen-bond donors (Lipinski definition) is 4. The number of ether oxygens (including phenoxy) is 1. The van der Waals surface area contributed by atoms with E-state index in [1.165, 1.54) is 6.07 Å². The Balaban J connectivity index is 1.66. The summed E-state index contributed by atoms with van der Waals surface area (Å²) in [6, 6.07) is 15.3. The van der Waals surface area contributed by atoms with Crippen LogP contribution in [0, 0.1) is 0 Å². The number of likely N-dealkylation sites (N-methyl/N-ethyl adjacent to an activating group) is 1. The Morgan fingerprint density at radius 3 is 2.38 bits per heavy atom. The number of carboxylic acids is 2. The number of rotatable bonds is 11. The van der Waals surface area contributed by atoms with Crippen LogP contribution in [0.2, 0.25) is 0 Å². The smallest absolute Gasteiger partial charge is 0.336 e. The molecule has 0 bridgehead atoms. The zero-order valence-electron chi connectivity index (χ0n) is 22.8. The molecule has 0 unspecified atom stereocenters. The lowest BCUT2D eigenvalue weighted by molar-refractivity contribution is -0.139. The molecule has 9 heteroatoms. The minimum absolute atomic E-state index is 0.00448. The number of amides is 1. The summed E-state index contributed by atoms with van der Waals surface area (Å²) in [5.74, 6) is -1.29. The van der Waals surface area contributed by atoms with Gasteiger partial charge in [0, 0.05) is 54.3 Å². The molecule has 0 radical (unpaired) electrons. The highest BCUT2D eigenvalue weighted by Crippen LogP contribution is 2.39. The predicted octanol–water partition coefficient (Wildman–Crippen LogP) is 2.79. The highest BCUT2D eigenvalue weighted by atomic mass is 16.5. The van der Waals surface area contributed by atoms with Gasteiger partial charge in [0.2, 0.25) is 0 Å². The summed E-state index contributed by atoms with van der Waals surface area (Å²) >= 11 is 0. The Morgan fingerprint density at radius 2 is 1.70 bits per heavy atom. The molecule has 1 aliphatic heterocycles. The fraction of sp³-hybridized carbons (Fsp3) is 0.258. The third-order valence-corrected chi connectivity index (χ3v) is 6.92. The van der Waals surface area contributed by atoms with Crippen molar-refractivity contribution in [1.29, 1.82) is 0 Å². The van der Waals surface area contributed by atoms with Crippen molar-refractivity contribution in [2.45, 2.75) is 25.3 Å². The number of fused-ring (bicyclic) bond motifs is 2. The number of benzene rings is 3. The van der Waals surface area contributed by atoms with Gasteiger partial charge in [-0.05, 0) is 67.4 Å². The van der Waals surface area contributed by atoms with Gasteiger partial charge in [-0.2, -0.15) is 0 Å². The summed E-state index contributed by atoms with van der Waals surface area (Å²) in [5.41, 5.74) is 3.07. The van der Waals surface area contributed by atoms with Gasteiger partial charge in [0.1, 0.15) is 17.5 Å². The molecule has 40 heavy (non-hydrogen) atoms. The molecule has 0 aromatic heterocycles. The van der Waals surface area contributed by atoms with Crippen LogP contribution < -0.4 is 30.7 Å². The average Bonchev–Trinajstić information content (AvgIpc) is 2.92. The Labute approximate surface area is 232 Å². The van der Waals surface area contributed by atoms with E-state index in [2.05, 4.69) is 17.2 Å². The second-order valence-corrected chi connectivity index (χ2v) is 9.88. The summed E-state index contributed by atoms with van der Waals surface area (Å²) in [4.78, 5) is 38.4. The van der Waals surface area contributed by atoms with Crippen molar-refractivity contribution in [1.82, 2.24) is 10.6 Å². The predicted molar refractivity (Wildman–Crippen MR) is 154 cm³/mol. The molecule has 0 fully saturated rings. The number of carbonyl (C=O) groups is 3. The van der Waals surface area contributed by atoms with Gasteiger partial charge in [0.15, 0.2) is 0 Å². The number of carbonyl (C=O) groups excluding carboxylic acids is 1. The van der Waals surface area contributed by atoms with Gasteiger partial charge < -0.3 is 30.5 Å². The minimum Gasteiger partial charge on any atom is -0.480 e. The third-order valence-electron chi connectivity index (χ3n) is 6.92. The van der Waals surface area contributed by atoms with Crippen molar-refractivity contribution in [3.63, 3.8) is 0 Å². The molecule has 1 heterocycles. The molecule has 0 aliphatic carbocycles. The van der Waals surface area contributed by atoms with Crippen LogP contribution in [-0.4, -0.2) is 61.8 Å². The SMILES string of the molecule is C=c1ccc2c(c1)Oc1cc(N(C)C)ccc1C=2c1ccc(C(=O)NCCCC[C@H](NC)C(=O)O)cc1C(=O)O. The van der Waals surface area contributed by atoms with Gasteiger partial charge in [-0.15, -0.1) is 0 Å². The second kappa shape index (κ2) is 12.0. The van der Waals surface area contributed by atoms with Crippen LogP contribution in [0.5, 0.6) is 11.5 Å². The molecule has 0 saturated heterocycles. The molecule has 1 aliphatic rings. The number of aromatic carboxylic acids is 1. The van der Waals surface area contributed by atoms with Crippen molar-refractivity contribution in [2.24, 2.45) is 0 Å². The van der Waals surface area contributed by atoms with E-state index in [0.717, 1.165) is 21.7 Å². The highest BCUT2D eigenvalue weighted by molar-refractivity contribution is 6.02. The van der Waals surface area contributed by atoms with E-state index in [4.69, 9.17) is 9.84 Å². The van der Waals surface area contributed by atoms with Crippen LogP contribution in [0.25, 0.3) is 12.2 Å². The molecule has 1 amide bonds. The standard InChI is InChI=1S/C31H33N3O6/c1-18-8-11-22-26(15-18)40-27-17-20(34(3)4)10-13-23(27)28(22)21-12-9-19(16-24(21)30(36)37)29(35)33-14-6-5-7-25(32-2)31(38)39/h8-13,15-17,25,32H,1,5-7,14H2,2-4H3,(H,33,35)(H,36,37)(H,38,39)/t25-/m0/s1. The van der Waals surface area contributed by atoms with Crippen molar-refractivity contribution >= 4 is 35.7 Å². The fourth-order valence-corrected chi connectivity index (χ4v) is 4.74. The number of hydrogen-bond acceptors (Lipinski definition) is 6. The lowest BCUT2D eigenvalue weighted by atomic mass is 9.88. The number of unbranched alkanes of at least 4 members (excludes halogenated alkanes) is 1. The lowest BCUT2D eigenvalue weighted by Gasteiger charge is -2.24. The van der Waals surface area contributed by atoms with Gasteiger partial charge in [-0.1, -0.05) is 24.8 Å². The Hall–Kier alpha value is -4.63. The monoisotopic (exact) mass is 543 g/mol. The van der Waals surface area contributed by atoms with Crippen LogP contribution in [-0.2, 0) is 4.79 Å². The van der Waals surface area contributed by atoms with Crippen molar-refractivity contribution < 1.29 is 29.3 Å². The van der Waals surface area contributed by atoms with Crippen LogP contribution in [0.3, 0.4) is 0 Å². The molecular weight excluding hydrogens is 510 g/mol. The number of nitrogens with zero attached hydrogens (tertiary/aromatic N) is 1. The Bertz CT molecular complexity index is 1580. The summed E-state index contributed by atoms with van der Waals surface area (Å²) in [6.07, 6.45) is 1.65. The van der Waals surface area contributed by atoms with E-state index in [1.54, 1.807) is 19.2 Å². The second-order valence-electron chi connectivity index (χ2n) is 9.88. The van der Waals surface area contributed by atoms with Crippen LogP contribution in [0.4, 0.5) is 5.69 Å². The van der Waals surface area contributed by atoms with E-state index in [0.29, 0.717) is 48.4 Å². The largest absolute Gasteiger partial charge is 0.480 e. The maximum absolute atomic E-state index is 12.9. The van der Waals surface area contributed by atoms with E-state index in [9.17, 15) is 19.5 Å². The van der Waals surface area contributed by atoms with Gasteiger partial charge in [0.25, 0.3) is 5.91 Å². The van der Waals surface area contributed by atoms with E-state index in [1.807, 2.05) is 55.4 Å². The number of anilines is 1. The van der Waals surface area contributed by atoms with Gasteiger partial charge >= 0.3 is 11.9 Å². The topological polar surface area (TPSA) is 128 Å². The van der Waals surface area contributed by atoms with Gasteiger partial charge in [-0.25, -0.2) is 4.79 Å². The molecule has 0 spiro atoms. The van der Waals surface area contributed by atoms with Crippen molar-refractivity contribution in [3.05, 3.63) is 87.3 Å². The average molecular weight is 544 g/mol.